The first-order valence-electron chi connectivity index (χ1n) is 9.48. The van der Waals surface area contributed by atoms with Crippen molar-refractivity contribution < 1.29 is 4.79 Å². The van der Waals surface area contributed by atoms with Crippen LogP contribution in [0.15, 0.2) is 24.3 Å². The monoisotopic (exact) mass is 342 g/mol. The van der Waals surface area contributed by atoms with Crippen LogP contribution in [0, 0.1) is 11.8 Å². The van der Waals surface area contributed by atoms with E-state index in [0.717, 1.165) is 42.3 Å². The number of amides is 2. The van der Waals surface area contributed by atoms with Crippen molar-refractivity contribution in [3.63, 3.8) is 0 Å². The minimum absolute atomic E-state index is 0.0459. The van der Waals surface area contributed by atoms with Gasteiger partial charge in [0.15, 0.2) is 0 Å². The number of carbonyl (C=O) groups excluding carboxylic acids is 1. The molecule has 0 saturated heterocycles. The Balaban J connectivity index is 1.44. The lowest BCUT2D eigenvalue weighted by Gasteiger charge is -2.15. The van der Waals surface area contributed by atoms with Crippen molar-refractivity contribution in [1.82, 2.24) is 20.4 Å². The number of benzene rings is 1. The Hall–Kier alpha value is -2.04. The van der Waals surface area contributed by atoms with E-state index in [1.54, 1.807) is 0 Å². The quantitative estimate of drug-likeness (QED) is 0.842. The van der Waals surface area contributed by atoms with Crippen LogP contribution in [0.5, 0.6) is 0 Å². The molecule has 2 atom stereocenters. The number of carbonyl (C=O) groups is 1. The molecule has 0 spiro atoms. The number of aromatic nitrogens is 2. The van der Waals surface area contributed by atoms with Crippen LogP contribution in [-0.2, 0) is 13.5 Å². The summed E-state index contributed by atoms with van der Waals surface area (Å²) in [5.41, 5.74) is 2.17. The molecule has 1 aromatic heterocycles. The third kappa shape index (κ3) is 4.53. The van der Waals surface area contributed by atoms with Crippen LogP contribution in [0.4, 0.5) is 4.79 Å². The number of para-hydroxylation sites is 1. The number of urea groups is 1. The van der Waals surface area contributed by atoms with Crippen molar-refractivity contribution in [1.29, 1.82) is 0 Å². The van der Waals surface area contributed by atoms with E-state index in [0.29, 0.717) is 12.6 Å². The molecule has 2 amide bonds. The largest absolute Gasteiger partial charge is 0.338 e. The summed E-state index contributed by atoms with van der Waals surface area (Å²) in [6, 6.07) is 8.49. The lowest BCUT2D eigenvalue weighted by Crippen LogP contribution is -2.41. The summed E-state index contributed by atoms with van der Waals surface area (Å²) in [4.78, 5) is 12.1. The average molecular weight is 342 g/mol. The normalized spacial score (nSPS) is 20.3. The van der Waals surface area contributed by atoms with Gasteiger partial charge in [-0.3, -0.25) is 4.68 Å². The molecule has 1 aliphatic rings. The van der Waals surface area contributed by atoms with Crippen LogP contribution in [0.3, 0.4) is 0 Å². The first-order valence-corrected chi connectivity index (χ1v) is 9.48. The lowest BCUT2D eigenvalue weighted by atomic mass is 9.96. The number of aryl methyl sites for hydroxylation is 1. The first-order chi connectivity index (χ1) is 12.0. The van der Waals surface area contributed by atoms with Gasteiger partial charge >= 0.3 is 6.03 Å². The molecule has 1 aliphatic carbocycles. The molecule has 2 N–H and O–H groups in total. The highest BCUT2D eigenvalue weighted by Gasteiger charge is 2.26. The molecule has 0 bridgehead atoms. The minimum atomic E-state index is -0.0459. The molecule has 0 radical (unpaired) electrons. The van der Waals surface area contributed by atoms with Crippen LogP contribution in [-0.4, -0.2) is 28.4 Å². The van der Waals surface area contributed by atoms with E-state index in [9.17, 15) is 4.79 Å². The third-order valence-corrected chi connectivity index (χ3v) is 5.16. The maximum Gasteiger partial charge on any atom is 0.315 e. The van der Waals surface area contributed by atoms with Gasteiger partial charge in [0.25, 0.3) is 0 Å². The summed E-state index contributed by atoms with van der Waals surface area (Å²) in [6.07, 6.45) is 5.48. The number of rotatable bonds is 6. The summed E-state index contributed by atoms with van der Waals surface area (Å²) in [6.45, 7) is 5.15. The summed E-state index contributed by atoms with van der Waals surface area (Å²) >= 11 is 0. The lowest BCUT2D eigenvalue weighted by molar-refractivity contribution is 0.237. The van der Waals surface area contributed by atoms with Gasteiger partial charge in [-0.2, -0.15) is 5.10 Å². The zero-order chi connectivity index (χ0) is 17.8. The van der Waals surface area contributed by atoms with Crippen molar-refractivity contribution in [2.75, 3.05) is 6.54 Å². The zero-order valence-corrected chi connectivity index (χ0v) is 15.6. The van der Waals surface area contributed by atoms with Gasteiger partial charge in [0.05, 0.1) is 11.2 Å². The summed E-state index contributed by atoms with van der Waals surface area (Å²) in [7, 11) is 1.96. The van der Waals surface area contributed by atoms with Crippen molar-refractivity contribution in [3.05, 3.63) is 30.0 Å². The van der Waals surface area contributed by atoms with Crippen molar-refractivity contribution in [2.24, 2.45) is 18.9 Å². The van der Waals surface area contributed by atoms with E-state index >= 15 is 0 Å². The van der Waals surface area contributed by atoms with Crippen LogP contribution in [0.1, 0.15) is 45.2 Å². The molecule has 5 nitrogen and oxygen atoms in total. The predicted molar refractivity (Wildman–Crippen MR) is 102 cm³/mol. The summed E-state index contributed by atoms with van der Waals surface area (Å²) in [5.74, 6) is 1.51. The van der Waals surface area contributed by atoms with Gasteiger partial charge in [-0.1, -0.05) is 32.0 Å². The molecule has 1 fully saturated rings. The summed E-state index contributed by atoms with van der Waals surface area (Å²) < 4.78 is 1.90. The molecule has 5 heteroatoms. The van der Waals surface area contributed by atoms with E-state index in [2.05, 4.69) is 41.7 Å². The standard InChI is InChI=1S/C20H30N4O/c1-14(2)12-15-8-9-16(13-15)22-20(25)21-11-10-18-17-6-4-5-7-19(17)24(3)23-18/h4-7,14-16H,8-13H2,1-3H3,(H2,21,22,25). The molecule has 1 saturated carbocycles. The van der Waals surface area contributed by atoms with Gasteiger partial charge < -0.3 is 10.6 Å². The smallest absolute Gasteiger partial charge is 0.315 e. The topological polar surface area (TPSA) is 59.0 Å². The maximum absolute atomic E-state index is 12.1. The Morgan fingerprint density at radius 3 is 2.92 bits per heavy atom. The van der Waals surface area contributed by atoms with Crippen LogP contribution in [0.2, 0.25) is 0 Å². The fraction of sp³-hybridized carbons (Fsp3) is 0.600. The van der Waals surface area contributed by atoms with E-state index in [1.165, 1.54) is 18.2 Å². The molecule has 2 unspecified atom stereocenters. The SMILES string of the molecule is CC(C)CC1CCC(NC(=O)NCCc2nn(C)c3ccccc23)C1. The van der Waals surface area contributed by atoms with E-state index in [4.69, 9.17) is 0 Å². The Kier molecular flexibility index (Phi) is 5.61. The zero-order valence-electron chi connectivity index (χ0n) is 15.6. The van der Waals surface area contributed by atoms with Gasteiger partial charge in [-0.15, -0.1) is 0 Å². The fourth-order valence-corrected chi connectivity index (χ4v) is 4.09. The van der Waals surface area contributed by atoms with E-state index in [1.807, 2.05) is 23.9 Å². The second-order valence-corrected chi connectivity index (χ2v) is 7.74. The Labute approximate surface area is 150 Å². The van der Waals surface area contributed by atoms with Crippen LogP contribution >= 0.6 is 0 Å². The molecule has 3 rings (SSSR count). The van der Waals surface area contributed by atoms with Gasteiger partial charge in [-0.05, 0) is 43.6 Å². The van der Waals surface area contributed by atoms with Crippen LogP contribution < -0.4 is 10.6 Å². The second-order valence-electron chi connectivity index (χ2n) is 7.74. The predicted octanol–water partition coefficient (Wildman–Crippen LogP) is 3.63. The Morgan fingerprint density at radius 1 is 1.32 bits per heavy atom. The van der Waals surface area contributed by atoms with Gasteiger partial charge in [-0.25, -0.2) is 4.79 Å². The molecule has 1 aromatic carbocycles. The number of hydrogen-bond acceptors (Lipinski definition) is 2. The highest BCUT2D eigenvalue weighted by Crippen LogP contribution is 2.30. The number of nitrogens with one attached hydrogen (secondary N) is 2. The molecule has 25 heavy (non-hydrogen) atoms. The first kappa shape index (κ1) is 17.8. The fourth-order valence-electron chi connectivity index (χ4n) is 4.09. The minimum Gasteiger partial charge on any atom is -0.338 e. The highest BCUT2D eigenvalue weighted by molar-refractivity contribution is 5.82. The van der Waals surface area contributed by atoms with E-state index in [-0.39, 0.29) is 6.03 Å². The highest BCUT2D eigenvalue weighted by atomic mass is 16.2. The molecular weight excluding hydrogens is 312 g/mol. The van der Waals surface area contributed by atoms with Gasteiger partial charge in [0.2, 0.25) is 0 Å². The molecule has 1 heterocycles. The van der Waals surface area contributed by atoms with Gasteiger partial charge in [0, 0.05) is 31.4 Å². The molecule has 136 valence electrons. The molecule has 0 aliphatic heterocycles. The molecular formula is C20H30N4O. The van der Waals surface area contributed by atoms with E-state index < -0.39 is 0 Å². The van der Waals surface area contributed by atoms with Crippen molar-refractivity contribution >= 4 is 16.9 Å². The number of nitrogens with zero attached hydrogens (tertiary/aromatic N) is 2. The number of fused-ring (bicyclic) bond motifs is 1. The average Bonchev–Trinajstić information content (AvgIpc) is 3.12. The second kappa shape index (κ2) is 7.89. The number of hydrogen-bond donors (Lipinski definition) is 2. The maximum atomic E-state index is 12.1. The van der Waals surface area contributed by atoms with Gasteiger partial charge in [0.1, 0.15) is 0 Å². The molecule has 2 aromatic rings. The van der Waals surface area contributed by atoms with Crippen molar-refractivity contribution in [3.8, 4) is 0 Å². The van der Waals surface area contributed by atoms with Crippen LogP contribution in [0.25, 0.3) is 10.9 Å². The Bertz CT molecular complexity index is 722. The Morgan fingerprint density at radius 2 is 2.12 bits per heavy atom. The van der Waals surface area contributed by atoms with Crippen molar-refractivity contribution in [2.45, 2.75) is 52.0 Å². The summed E-state index contributed by atoms with van der Waals surface area (Å²) in [5, 5.41) is 11.9. The third-order valence-electron chi connectivity index (χ3n) is 5.16.